The van der Waals surface area contributed by atoms with Crippen LogP contribution in [0.4, 0.5) is 5.69 Å². The predicted octanol–water partition coefficient (Wildman–Crippen LogP) is 3.88. The molecule has 18 heavy (non-hydrogen) atoms. The van der Waals surface area contributed by atoms with Gasteiger partial charge < -0.3 is 10.0 Å². The SMILES string of the molecule is CC1CC(C)CN(c2ccc([C@@H](C)O)cc2Cl)C1. The summed E-state index contributed by atoms with van der Waals surface area (Å²) in [7, 11) is 0. The molecule has 2 nitrogen and oxygen atoms in total. The molecule has 1 aliphatic heterocycles. The fourth-order valence-electron chi connectivity index (χ4n) is 2.90. The first-order valence-electron chi connectivity index (χ1n) is 6.69. The van der Waals surface area contributed by atoms with Crippen LogP contribution in [0, 0.1) is 11.8 Å². The number of halogens is 1. The molecule has 1 heterocycles. The summed E-state index contributed by atoms with van der Waals surface area (Å²) >= 11 is 6.35. The van der Waals surface area contributed by atoms with Crippen molar-refractivity contribution in [3.63, 3.8) is 0 Å². The van der Waals surface area contributed by atoms with E-state index in [0.717, 1.165) is 29.4 Å². The van der Waals surface area contributed by atoms with Crippen LogP contribution in [0.25, 0.3) is 0 Å². The molecule has 0 aliphatic carbocycles. The summed E-state index contributed by atoms with van der Waals surface area (Å²) in [5, 5.41) is 10.3. The first-order chi connectivity index (χ1) is 8.47. The lowest BCUT2D eigenvalue weighted by molar-refractivity contribution is 0.199. The highest BCUT2D eigenvalue weighted by Crippen LogP contribution is 2.33. The van der Waals surface area contributed by atoms with Crippen molar-refractivity contribution in [2.75, 3.05) is 18.0 Å². The Balaban J connectivity index is 2.22. The van der Waals surface area contributed by atoms with Gasteiger partial charge in [0.25, 0.3) is 0 Å². The normalized spacial score (nSPS) is 26.2. The van der Waals surface area contributed by atoms with Gasteiger partial charge in [-0.25, -0.2) is 0 Å². The molecule has 1 aromatic rings. The van der Waals surface area contributed by atoms with E-state index < -0.39 is 6.10 Å². The van der Waals surface area contributed by atoms with Gasteiger partial charge in [-0.2, -0.15) is 0 Å². The monoisotopic (exact) mass is 267 g/mol. The van der Waals surface area contributed by atoms with Gasteiger partial charge in [-0.3, -0.25) is 0 Å². The summed E-state index contributed by atoms with van der Waals surface area (Å²) in [4.78, 5) is 2.37. The first-order valence-corrected chi connectivity index (χ1v) is 7.07. The van der Waals surface area contributed by atoms with Gasteiger partial charge in [-0.15, -0.1) is 0 Å². The molecule has 3 heteroatoms. The smallest absolute Gasteiger partial charge is 0.0762 e. The molecule has 1 fully saturated rings. The van der Waals surface area contributed by atoms with Crippen LogP contribution in [0.15, 0.2) is 18.2 Å². The molecule has 0 aromatic heterocycles. The average molecular weight is 268 g/mol. The van der Waals surface area contributed by atoms with E-state index in [2.05, 4.69) is 18.7 Å². The molecule has 0 radical (unpaired) electrons. The van der Waals surface area contributed by atoms with Crippen molar-refractivity contribution >= 4 is 17.3 Å². The van der Waals surface area contributed by atoms with Gasteiger partial charge in [0.2, 0.25) is 0 Å². The second-order valence-electron chi connectivity index (χ2n) is 5.74. The first kappa shape index (κ1) is 13.7. The summed E-state index contributed by atoms with van der Waals surface area (Å²) in [6.45, 7) is 8.48. The summed E-state index contributed by atoms with van der Waals surface area (Å²) < 4.78 is 0. The van der Waals surface area contributed by atoms with Crippen molar-refractivity contribution in [2.45, 2.75) is 33.3 Å². The summed E-state index contributed by atoms with van der Waals surface area (Å²) in [5.74, 6) is 1.42. The standard InChI is InChI=1S/C15H22ClNO/c1-10-6-11(2)9-17(8-10)15-5-4-13(12(3)18)7-14(15)16/h4-5,7,10-12,18H,6,8-9H2,1-3H3/t10?,11?,12-/m1/s1. The minimum atomic E-state index is -0.462. The van der Waals surface area contributed by atoms with Crippen molar-refractivity contribution < 1.29 is 5.11 Å². The Morgan fingerprint density at radius 2 is 1.89 bits per heavy atom. The fraction of sp³-hybridized carbons (Fsp3) is 0.600. The molecule has 1 saturated heterocycles. The molecule has 0 amide bonds. The van der Waals surface area contributed by atoms with Crippen LogP contribution in [0.3, 0.4) is 0 Å². The molecular weight excluding hydrogens is 246 g/mol. The fourth-order valence-corrected chi connectivity index (χ4v) is 3.21. The molecule has 0 spiro atoms. The van der Waals surface area contributed by atoms with Crippen molar-refractivity contribution in [3.05, 3.63) is 28.8 Å². The third kappa shape index (κ3) is 2.99. The average Bonchev–Trinajstić information content (AvgIpc) is 2.27. The molecule has 1 N–H and O–H groups in total. The van der Waals surface area contributed by atoms with E-state index in [1.54, 1.807) is 6.92 Å². The second-order valence-corrected chi connectivity index (χ2v) is 6.15. The number of nitrogens with zero attached hydrogens (tertiary/aromatic N) is 1. The van der Waals surface area contributed by atoms with E-state index in [-0.39, 0.29) is 0 Å². The summed E-state index contributed by atoms with van der Waals surface area (Å²) in [6, 6.07) is 5.89. The Labute approximate surface area is 115 Å². The van der Waals surface area contributed by atoms with E-state index in [4.69, 9.17) is 11.6 Å². The summed E-state index contributed by atoms with van der Waals surface area (Å²) in [5.41, 5.74) is 1.97. The van der Waals surface area contributed by atoms with E-state index in [0.29, 0.717) is 11.8 Å². The van der Waals surface area contributed by atoms with Gasteiger partial charge in [-0.05, 0) is 42.9 Å². The Kier molecular flexibility index (Phi) is 4.18. The Morgan fingerprint density at radius 1 is 1.28 bits per heavy atom. The van der Waals surface area contributed by atoms with Crippen LogP contribution in [0.1, 0.15) is 38.9 Å². The van der Waals surface area contributed by atoms with Crippen molar-refractivity contribution in [1.29, 1.82) is 0 Å². The second kappa shape index (κ2) is 5.50. The van der Waals surface area contributed by atoms with Crippen LogP contribution >= 0.6 is 11.6 Å². The lowest BCUT2D eigenvalue weighted by Gasteiger charge is -2.37. The summed E-state index contributed by atoms with van der Waals surface area (Å²) in [6.07, 6.45) is 0.829. The minimum Gasteiger partial charge on any atom is -0.389 e. The van der Waals surface area contributed by atoms with Gasteiger partial charge >= 0.3 is 0 Å². The van der Waals surface area contributed by atoms with Gasteiger partial charge in [0.05, 0.1) is 16.8 Å². The molecular formula is C15H22ClNO. The number of anilines is 1. The number of aliphatic hydroxyl groups is 1. The topological polar surface area (TPSA) is 23.5 Å². The van der Waals surface area contributed by atoms with Gasteiger partial charge in [0, 0.05) is 13.1 Å². The zero-order valence-corrected chi connectivity index (χ0v) is 12.1. The van der Waals surface area contributed by atoms with E-state index in [1.807, 2.05) is 18.2 Å². The molecule has 1 aliphatic rings. The van der Waals surface area contributed by atoms with Crippen molar-refractivity contribution in [2.24, 2.45) is 11.8 Å². The molecule has 2 rings (SSSR count). The Hall–Kier alpha value is -0.730. The molecule has 1 aromatic carbocycles. The molecule has 0 saturated carbocycles. The molecule has 0 bridgehead atoms. The zero-order chi connectivity index (χ0) is 13.3. The number of piperidine rings is 1. The van der Waals surface area contributed by atoms with E-state index in [1.165, 1.54) is 6.42 Å². The van der Waals surface area contributed by atoms with Crippen molar-refractivity contribution in [1.82, 2.24) is 0 Å². The molecule has 2 unspecified atom stereocenters. The lowest BCUT2D eigenvalue weighted by atomic mass is 9.91. The quantitative estimate of drug-likeness (QED) is 0.879. The Bertz CT molecular complexity index is 409. The number of hydrogen-bond acceptors (Lipinski definition) is 2. The van der Waals surface area contributed by atoms with E-state index in [9.17, 15) is 5.11 Å². The zero-order valence-electron chi connectivity index (χ0n) is 11.4. The Morgan fingerprint density at radius 3 is 2.39 bits per heavy atom. The van der Waals surface area contributed by atoms with Gasteiger partial charge in [-0.1, -0.05) is 31.5 Å². The van der Waals surface area contributed by atoms with Crippen LogP contribution in [0.5, 0.6) is 0 Å². The van der Waals surface area contributed by atoms with Crippen LogP contribution in [-0.4, -0.2) is 18.2 Å². The van der Waals surface area contributed by atoms with Crippen LogP contribution in [-0.2, 0) is 0 Å². The van der Waals surface area contributed by atoms with E-state index >= 15 is 0 Å². The predicted molar refractivity (Wildman–Crippen MR) is 77.2 cm³/mol. The van der Waals surface area contributed by atoms with Crippen LogP contribution in [0.2, 0.25) is 5.02 Å². The third-order valence-electron chi connectivity index (χ3n) is 3.66. The highest BCUT2D eigenvalue weighted by Gasteiger charge is 2.23. The molecule has 100 valence electrons. The number of aliphatic hydroxyl groups excluding tert-OH is 1. The lowest BCUT2D eigenvalue weighted by Crippen LogP contribution is -2.38. The van der Waals surface area contributed by atoms with Crippen molar-refractivity contribution in [3.8, 4) is 0 Å². The maximum absolute atomic E-state index is 9.56. The highest BCUT2D eigenvalue weighted by molar-refractivity contribution is 6.33. The molecule has 3 atom stereocenters. The number of hydrogen-bond donors (Lipinski definition) is 1. The number of benzene rings is 1. The number of rotatable bonds is 2. The van der Waals surface area contributed by atoms with Gasteiger partial charge in [0.15, 0.2) is 0 Å². The third-order valence-corrected chi connectivity index (χ3v) is 3.97. The van der Waals surface area contributed by atoms with Crippen LogP contribution < -0.4 is 4.90 Å². The van der Waals surface area contributed by atoms with Gasteiger partial charge in [0.1, 0.15) is 0 Å². The largest absolute Gasteiger partial charge is 0.389 e. The maximum atomic E-state index is 9.56. The minimum absolute atomic E-state index is 0.462. The highest BCUT2D eigenvalue weighted by atomic mass is 35.5. The maximum Gasteiger partial charge on any atom is 0.0762 e.